The van der Waals surface area contributed by atoms with Crippen LogP contribution in [-0.4, -0.2) is 23.2 Å². The summed E-state index contributed by atoms with van der Waals surface area (Å²) in [5, 5.41) is 0.0508. The highest BCUT2D eigenvalue weighted by Crippen LogP contribution is 2.32. The molecule has 1 heterocycles. The van der Waals surface area contributed by atoms with Crippen molar-refractivity contribution < 1.29 is 4.65 Å². The van der Waals surface area contributed by atoms with Crippen LogP contribution in [0.2, 0.25) is 0 Å². The Hall–Kier alpha value is -0.395. The molecule has 15 heavy (non-hydrogen) atoms. The van der Waals surface area contributed by atoms with Crippen molar-refractivity contribution in [1.29, 1.82) is 0 Å². The first-order valence-electron chi connectivity index (χ1n) is 5.15. The molecular formula is C11H19BNOP. The topological polar surface area (TPSA) is 22.1 Å². The van der Waals surface area contributed by atoms with Crippen LogP contribution in [0.15, 0.2) is 24.5 Å². The van der Waals surface area contributed by atoms with E-state index in [0.29, 0.717) is 7.48 Å². The van der Waals surface area contributed by atoms with E-state index in [2.05, 4.69) is 41.9 Å². The van der Waals surface area contributed by atoms with E-state index in [1.54, 1.807) is 6.20 Å². The fourth-order valence-electron chi connectivity index (χ4n) is 0.933. The predicted octanol–water partition coefficient (Wildman–Crippen LogP) is 1.51. The Morgan fingerprint density at radius 1 is 1.33 bits per heavy atom. The molecule has 1 rings (SSSR count). The summed E-state index contributed by atoms with van der Waals surface area (Å²) in [7, 11) is 3.44. The van der Waals surface area contributed by atoms with Crippen LogP contribution in [0.3, 0.4) is 0 Å². The molecule has 4 heteroatoms. The van der Waals surface area contributed by atoms with Gasteiger partial charge >= 0.3 is 7.48 Å². The highest BCUT2D eigenvalue weighted by Gasteiger charge is 2.33. The maximum absolute atomic E-state index is 5.92. The third-order valence-electron chi connectivity index (χ3n) is 2.87. The van der Waals surface area contributed by atoms with Crippen molar-refractivity contribution in [2.24, 2.45) is 0 Å². The van der Waals surface area contributed by atoms with Crippen LogP contribution in [0.5, 0.6) is 0 Å². The van der Waals surface area contributed by atoms with Gasteiger partial charge < -0.3 is 4.65 Å². The number of nitrogens with zero attached hydrogens (tertiary/aromatic N) is 1. The largest absolute Gasteiger partial charge is 0.429 e. The van der Waals surface area contributed by atoms with Gasteiger partial charge in [0.25, 0.3) is 0 Å². The molecule has 0 aliphatic carbocycles. The zero-order valence-corrected chi connectivity index (χ0v) is 11.1. The van der Waals surface area contributed by atoms with Crippen molar-refractivity contribution >= 4 is 22.2 Å². The third-order valence-corrected chi connectivity index (χ3v) is 3.57. The minimum absolute atomic E-state index is 0.0508. The second-order valence-electron chi connectivity index (χ2n) is 4.88. The SMILES string of the molecule is CC(C)(P)C(C)(C)OBc1cccnc1. The highest BCUT2D eigenvalue weighted by molar-refractivity contribution is 7.19. The average molecular weight is 223 g/mol. The van der Waals surface area contributed by atoms with Gasteiger partial charge in [-0.1, -0.05) is 19.9 Å². The van der Waals surface area contributed by atoms with E-state index in [1.165, 1.54) is 0 Å². The summed E-state index contributed by atoms with van der Waals surface area (Å²) in [5.74, 6) is 0. The lowest BCUT2D eigenvalue weighted by Crippen LogP contribution is -2.45. The molecule has 0 bridgehead atoms. The van der Waals surface area contributed by atoms with Crippen molar-refractivity contribution in [1.82, 2.24) is 4.98 Å². The molecule has 2 nitrogen and oxygen atoms in total. The van der Waals surface area contributed by atoms with Gasteiger partial charge in [-0.15, -0.1) is 9.24 Å². The van der Waals surface area contributed by atoms with E-state index in [9.17, 15) is 0 Å². The Kier molecular flexibility index (Phi) is 3.91. The first-order valence-corrected chi connectivity index (χ1v) is 5.72. The maximum Gasteiger partial charge on any atom is 0.310 e. The van der Waals surface area contributed by atoms with Crippen LogP contribution in [0.25, 0.3) is 0 Å². The molecular weight excluding hydrogens is 204 g/mol. The third kappa shape index (κ3) is 3.59. The lowest BCUT2D eigenvalue weighted by atomic mass is 9.85. The molecule has 0 radical (unpaired) electrons. The highest BCUT2D eigenvalue weighted by atomic mass is 31.0. The first kappa shape index (κ1) is 12.7. The second kappa shape index (κ2) is 4.63. The van der Waals surface area contributed by atoms with Crippen molar-refractivity contribution in [3.63, 3.8) is 0 Å². The maximum atomic E-state index is 5.92. The Balaban J connectivity index is 2.58. The van der Waals surface area contributed by atoms with E-state index in [0.717, 1.165) is 5.46 Å². The van der Waals surface area contributed by atoms with E-state index in [-0.39, 0.29) is 10.8 Å². The number of rotatable bonds is 4. The van der Waals surface area contributed by atoms with Crippen molar-refractivity contribution in [2.45, 2.75) is 38.5 Å². The average Bonchev–Trinajstić information content (AvgIpc) is 2.15. The van der Waals surface area contributed by atoms with Gasteiger partial charge in [0.05, 0.1) is 5.60 Å². The van der Waals surface area contributed by atoms with Crippen LogP contribution < -0.4 is 5.46 Å². The molecule has 82 valence electrons. The molecule has 1 aromatic rings. The Bertz CT molecular complexity index is 308. The summed E-state index contributed by atoms with van der Waals surface area (Å²) in [6.45, 7) is 8.52. The molecule has 0 aliphatic heterocycles. The van der Waals surface area contributed by atoms with Crippen molar-refractivity contribution in [3.05, 3.63) is 24.5 Å². The number of aromatic nitrogens is 1. The fraction of sp³-hybridized carbons (Fsp3) is 0.545. The molecule has 0 aliphatic rings. The molecule has 0 aromatic carbocycles. The molecule has 0 fully saturated rings. The Morgan fingerprint density at radius 2 is 2.00 bits per heavy atom. The van der Waals surface area contributed by atoms with Crippen LogP contribution in [0, 0.1) is 0 Å². The van der Waals surface area contributed by atoms with Gasteiger partial charge in [0.1, 0.15) is 0 Å². The van der Waals surface area contributed by atoms with Gasteiger partial charge in [-0.05, 0) is 25.4 Å². The van der Waals surface area contributed by atoms with Gasteiger partial charge in [-0.3, -0.25) is 4.98 Å². The molecule has 0 N–H and O–H groups in total. The number of hydrogen-bond acceptors (Lipinski definition) is 2. The number of hydrogen-bond donors (Lipinski definition) is 0. The lowest BCUT2D eigenvalue weighted by molar-refractivity contribution is 0.0841. The summed E-state index contributed by atoms with van der Waals surface area (Å²) in [6.07, 6.45) is 3.61. The van der Waals surface area contributed by atoms with E-state index in [1.807, 2.05) is 18.3 Å². The molecule has 1 aromatic heterocycles. The minimum atomic E-state index is -0.173. The predicted molar refractivity (Wildman–Crippen MR) is 70.0 cm³/mol. The lowest BCUT2D eigenvalue weighted by Gasteiger charge is -2.39. The van der Waals surface area contributed by atoms with Crippen LogP contribution in [0.1, 0.15) is 27.7 Å². The fourth-order valence-corrected chi connectivity index (χ4v) is 1.02. The summed E-state index contributed by atoms with van der Waals surface area (Å²) < 4.78 is 5.92. The van der Waals surface area contributed by atoms with Crippen molar-refractivity contribution in [3.8, 4) is 0 Å². The van der Waals surface area contributed by atoms with E-state index in [4.69, 9.17) is 4.65 Å². The summed E-state index contributed by atoms with van der Waals surface area (Å²) in [6, 6.07) is 3.95. The van der Waals surface area contributed by atoms with E-state index >= 15 is 0 Å². The zero-order chi connectivity index (χ0) is 11.5. The Morgan fingerprint density at radius 3 is 2.47 bits per heavy atom. The summed E-state index contributed by atoms with van der Waals surface area (Å²) in [4.78, 5) is 4.06. The monoisotopic (exact) mass is 223 g/mol. The van der Waals surface area contributed by atoms with Gasteiger partial charge in [0, 0.05) is 17.5 Å². The smallest absolute Gasteiger partial charge is 0.310 e. The number of pyridine rings is 1. The molecule has 0 saturated carbocycles. The zero-order valence-electron chi connectivity index (χ0n) is 9.95. The van der Waals surface area contributed by atoms with Crippen LogP contribution in [-0.2, 0) is 4.65 Å². The van der Waals surface area contributed by atoms with E-state index < -0.39 is 0 Å². The quantitative estimate of drug-likeness (QED) is 0.570. The first-order chi connectivity index (χ1) is 6.83. The van der Waals surface area contributed by atoms with Crippen molar-refractivity contribution in [2.75, 3.05) is 0 Å². The Labute approximate surface area is 95.3 Å². The van der Waals surface area contributed by atoms with Gasteiger partial charge in [0.15, 0.2) is 0 Å². The molecule has 0 spiro atoms. The second-order valence-corrected chi connectivity index (χ2v) is 6.33. The minimum Gasteiger partial charge on any atom is -0.429 e. The molecule has 1 atom stereocenters. The standard InChI is InChI=1S/C11H19BNOP/c1-10(2,11(3,4)15)14-12-9-6-5-7-13-8-9/h5-8,12H,15H2,1-4H3. The van der Waals surface area contributed by atoms with Gasteiger partial charge in [0.2, 0.25) is 0 Å². The normalized spacial score (nSPS) is 12.6. The van der Waals surface area contributed by atoms with Crippen LogP contribution >= 0.6 is 9.24 Å². The van der Waals surface area contributed by atoms with Gasteiger partial charge in [-0.25, -0.2) is 0 Å². The molecule has 0 amide bonds. The molecule has 0 saturated heterocycles. The molecule has 1 unspecified atom stereocenters. The van der Waals surface area contributed by atoms with Crippen LogP contribution in [0.4, 0.5) is 0 Å². The summed E-state index contributed by atoms with van der Waals surface area (Å²) >= 11 is 0. The summed E-state index contributed by atoms with van der Waals surface area (Å²) in [5.41, 5.74) is 0.938. The van der Waals surface area contributed by atoms with Gasteiger partial charge in [-0.2, -0.15) is 0 Å².